The van der Waals surface area contributed by atoms with Crippen molar-refractivity contribution in [3.63, 3.8) is 0 Å². The van der Waals surface area contributed by atoms with Gasteiger partial charge in [0.05, 0.1) is 25.5 Å². The summed E-state index contributed by atoms with van der Waals surface area (Å²) < 4.78 is 52.0. The van der Waals surface area contributed by atoms with Gasteiger partial charge in [-0.1, -0.05) is 12.1 Å². The predicted octanol–water partition coefficient (Wildman–Crippen LogP) is 4.22. The van der Waals surface area contributed by atoms with Gasteiger partial charge in [0.15, 0.2) is 6.29 Å². The lowest BCUT2D eigenvalue weighted by molar-refractivity contribution is -0.0476. The molecule has 0 aliphatic carbocycles. The number of aliphatic hydroxyl groups excluding tert-OH is 1. The number of aliphatic hydroxyl groups is 2. The average Bonchev–Trinajstić information content (AvgIpc) is 3.18. The van der Waals surface area contributed by atoms with Crippen LogP contribution < -0.4 is 4.74 Å². The Kier molecular flexibility index (Phi) is 6.76. The summed E-state index contributed by atoms with van der Waals surface area (Å²) in [5.41, 5.74) is 0.481. The van der Waals surface area contributed by atoms with E-state index in [0.29, 0.717) is 11.3 Å². The van der Waals surface area contributed by atoms with Gasteiger partial charge in [-0.25, -0.2) is 17.9 Å². The second-order valence-electron chi connectivity index (χ2n) is 6.58. The zero-order valence-electron chi connectivity index (χ0n) is 16.3. The average molecular weight is 422 g/mol. The monoisotopic (exact) mass is 422 g/mol. The van der Waals surface area contributed by atoms with Gasteiger partial charge in [0.1, 0.15) is 23.0 Å². The molecule has 0 fully saturated rings. The van der Waals surface area contributed by atoms with Crippen molar-refractivity contribution in [2.75, 3.05) is 7.11 Å². The van der Waals surface area contributed by atoms with Crippen molar-refractivity contribution in [1.29, 1.82) is 0 Å². The maximum atomic E-state index is 13.9. The molecule has 1 heterocycles. The zero-order valence-corrected chi connectivity index (χ0v) is 16.3. The van der Waals surface area contributed by atoms with Gasteiger partial charge < -0.3 is 19.7 Å². The summed E-state index contributed by atoms with van der Waals surface area (Å²) in [7, 11) is 1.56. The van der Waals surface area contributed by atoms with Crippen molar-refractivity contribution in [2.24, 2.45) is 0 Å². The Morgan fingerprint density at radius 1 is 1.07 bits per heavy atom. The van der Waals surface area contributed by atoms with Crippen LogP contribution in [-0.4, -0.2) is 27.1 Å². The molecule has 6 nitrogen and oxygen atoms in total. The molecule has 30 heavy (non-hydrogen) atoms. The van der Waals surface area contributed by atoms with E-state index in [-0.39, 0.29) is 18.0 Å². The van der Waals surface area contributed by atoms with Crippen LogP contribution in [0.15, 0.2) is 48.5 Å². The molecular weight excluding hydrogens is 401 g/mol. The third kappa shape index (κ3) is 4.81. The van der Waals surface area contributed by atoms with Crippen LogP contribution in [0.1, 0.15) is 48.3 Å². The molecule has 3 rings (SSSR count). The predicted molar refractivity (Wildman–Crippen MR) is 102 cm³/mol. The van der Waals surface area contributed by atoms with E-state index in [1.807, 2.05) is 12.1 Å². The lowest BCUT2D eigenvalue weighted by Gasteiger charge is -2.19. The van der Waals surface area contributed by atoms with Gasteiger partial charge in [-0.3, -0.25) is 0 Å². The summed E-state index contributed by atoms with van der Waals surface area (Å²) in [5, 5.41) is 22.9. The van der Waals surface area contributed by atoms with E-state index in [0.717, 1.165) is 22.4 Å². The number of hydrogen-bond acceptors (Lipinski definition) is 5. The Balaban J connectivity index is 1.91. The molecule has 0 saturated carbocycles. The molecule has 2 aromatic carbocycles. The van der Waals surface area contributed by atoms with Crippen LogP contribution in [0.25, 0.3) is 5.69 Å². The zero-order chi connectivity index (χ0) is 21.8. The van der Waals surface area contributed by atoms with Crippen molar-refractivity contribution in [3.8, 4) is 11.4 Å². The second-order valence-corrected chi connectivity index (χ2v) is 6.58. The van der Waals surface area contributed by atoms with Crippen LogP contribution in [0, 0.1) is 5.82 Å². The number of nitrogens with zero attached hydrogens (tertiary/aromatic N) is 2. The smallest absolute Gasteiger partial charge is 0.282 e. The van der Waals surface area contributed by atoms with E-state index >= 15 is 0 Å². The molecule has 0 unspecified atom stereocenters. The fraction of sp³-hybridized carbons (Fsp3) is 0.286. The summed E-state index contributed by atoms with van der Waals surface area (Å²) in [4.78, 5) is 0. The van der Waals surface area contributed by atoms with Crippen molar-refractivity contribution in [1.82, 2.24) is 9.78 Å². The Hall–Kier alpha value is -2.88. The maximum absolute atomic E-state index is 13.9. The fourth-order valence-corrected chi connectivity index (χ4v) is 2.97. The number of alkyl halides is 2. The van der Waals surface area contributed by atoms with E-state index in [1.165, 1.54) is 12.1 Å². The highest BCUT2D eigenvalue weighted by molar-refractivity contribution is 5.44. The summed E-state index contributed by atoms with van der Waals surface area (Å²) in [6.07, 6.45) is -5.60. The molecule has 0 radical (unpaired) electrons. The van der Waals surface area contributed by atoms with Gasteiger partial charge in [-0.2, -0.15) is 5.10 Å². The van der Waals surface area contributed by atoms with E-state index in [1.54, 1.807) is 26.2 Å². The Bertz CT molecular complexity index is 990. The van der Waals surface area contributed by atoms with Crippen molar-refractivity contribution < 1.29 is 32.9 Å². The minimum Gasteiger partial charge on any atom is -0.497 e. The van der Waals surface area contributed by atoms with E-state index < -0.39 is 30.3 Å². The number of ether oxygens (including phenoxy) is 2. The van der Waals surface area contributed by atoms with Crippen LogP contribution >= 0.6 is 0 Å². The quantitative estimate of drug-likeness (QED) is 0.532. The second kappa shape index (κ2) is 9.29. The lowest BCUT2D eigenvalue weighted by atomic mass is 10.1. The first-order chi connectivity index (χ1) is 14.3. The standard InChI is InChI=1S/C21H21F3N2O4/c1-12(30-11-13-3-6-15(29-2)7-4-13)16-9-14(22)5-8-18(16)26-19(21(27)28)10-17(25-26)20(23)24/h3-10,12,20-21,27-28H,11H2,1-2H3/t12-/m1/s1. The number of aromatic nitrogens is 2. The number of rotatable bonds is 8. The first-order valence-corrected chi connectivity index (χ1v) is 9.08. The van der Waals surface area contributed by atoms with Crippen LogP contribution in [0.4, 0.5) is 13.2 Å². The molecule has 160 valence electrons. The third-order valence-corrected chi connectivity index (χ3v) is 4.56. The Labute approximate surface area is 171 Å². The molecule has 0 saturated heterocycles. The van der Waals surface area contributed by atoms with Gasteiger partial charge in [0.2, 0.25) is 0 Å². The Morgan fingerprint density at radius 2 is 1.77 bits per heavy atom. The molecular formula is C21H21F3N2O4. The third-order valence-electron chi connectivity index (χ3n) is 4.56. The minimum atomic E-state index is -2.91. The molecule has 1 atom stereocenters. The molecule has 0 aliphatic rings. The van der Waals surface area contributed by atoms with Crippen LogP contribution in [0.2, 0.25) is 0 Å². The fourth-order valence-electron chi connectivity index (χ4n) is 2.97. The van der Waals surface area contributed by atoms with Crippen molar-refractivity contribution >= 4 is 0 Å². The molecule has 0 spiro atoms. The van der Waals surface area contributed by atoms with Gasteiger partial charge in [0, 0.05) is 5.56 Å². The molecule has 2 N–H and O–H groups in total. The Morgan fingerprint density at radius 3 is 2.37 bits per heavy atom. The summed E-state index contributed by atoms with van der Waals surface area (Å²) >= 11 is 0. The minimum absolute atomic E-state index is 0.202. The van der Waals surface area contributed by atoms with Gasteiger partial charge in [0.25, 0.3) is 6.43 Å². The number of methoxy groups -OCH3 is 1. The van der Waals surface area contributed by atoms with Crippen LogP contribution in [-0.2, 0) is 11.3 Å². The molecule has 0 amide bonds. The highest BCUT2D eigenvalue weighted by Gasteiger charge is 2.23. The topological polar surface area (TPSA) is 76.7 Å². The summed E-state index contributed by atoms with van der Waals surface area (Å²) in [5.74, 6) is 0.142. The first-order valence-electron chi connectivity index (χ1n) is 9.08. The molecule has 1 aromatic heterocycles. The van der Waals surface area contributed by atoms with Crippen molar-refractivity contribution in [2.45, 2.75) is 32.4 Å². The highest BCUT2D eigenvalue weighted by atomic mass is 19.3. The highest BCUT2D eigenvalue weighted by Crippen LogP contribution is 2.30. The number of halogens is 3. The SMILES string of the molecule is COc1ccc(CO[C@H](C)c2cc(F)ccc2-n2nc(C(F)F)cc2C(O)O)cc1. The summed E-state index contributed by atoms with van der Waals surface area (Å²) in [6, 6.07) is 11.7. The lowest BCUT2D eigenvalue weighted by Crippen LogP contribution is -2.12. The van der Waals surface area contributed by atoms with Gasteiger partial charge >= 0.3 is 0 Å². The van der Waals surface area contributed by atoms with E-state index in [4.69, 9.17) is 9.47 Å². The van der Waals surface area contributed by atoms with Crippen LogP contribution in [0.3, 0.4) is 0 Å². The molecule has 9 heteroatoms. The first kappa shape index (κ1) is 21.8. The molecule has 0 aliphatic heterocycles. The molecule has 3 aromatic rings. The maximum Gasteiger partial charge on any atom is 0.282 e. The molecule has 0 bridgehead atoms. The number of hydrogen-bond donors (Lipinski definition) is 2. The van der Waals surface area contributed by atoms with Gasteiger partial charge in [-0.05, 0) is 48.9 Å². The van der Waals surface area contributed by atoms with Gasteiger partial charge in [-0.15, -0.1) is 0 Å². The van der Waals surface area contributed by atoms with E-state index in [2.05, 4.69) is 5.10 Å². The van der Waals surface area contributed by atoms with E-state index in [9.17, 15) is 23.4 Å². The van der Waals surface area contributed by atoms with Crippen molar-refractivity contribution in [3.05, 3.63) is 76.9 Å². The largest absolute Gasteiger partial charge is 0.497 e. The summed E-state index contributed by atoms with van der Waals surface area (Å²) in [6.45, 7) is 1.88. The normalized spacial score (nSPS) is 12.6. The van der Waals surface area contributed by atoms with Crippen LogP contribution in [0.5, 0.6) is 5.75 Å². The number of benzene rings is 2.